The summed E-state index contributed by atoms with van der Waals surface area (Å²) in [5.74, 6) is 0.387. The van der Waals surface area contributed by atoms with Gasteiger partial charge in [-0.3, -0.25) is 9.79 Å². The van der Waals surface area contributed by atoms with Crippen LogP contribution in [0.15, 0.2) is 96.1 Å². The summed E-state index contributed by atoms with van der Waals surface area (Å²) < 4.78 is 7.09. The van der Waals surface area contributed by atoms with Gasteiger partial charge in [0.15, 0.2) is 6.17 Å². The number of hydrogen-bond acceptors (Lipinski definition) is 4. The second-order valence-electron chi connectivity index (χ2n) is 7.14. The van der Waals surface area contributed by atoms with E-state index in [0.717, 1.165) is 28.2 Å². The van der Waals surface area contributed by atoms with Gasteiger partial charge in [-0.05, 0) is 30.3 Å². The van der Waals surface area contributed by atoms with Crippen molar-refractivity contribution in [2.75, 3.05) is 7.11 Å². The van der Waals surface area contributed by atoms with Crippen molar-refractivity contribution < 1.29 is 9.53 Å². The van der Waals surface area contributed by atoms with Crippen molar-refractivity contribution in [2.24, 2.45) is 4.99 Å². The number of amides is 1. The van der Waals surface area contributed by atoms with Crippen LogP contribution in [0.5, 0.6) is 5.75 Å². The molecule has 1 amide bonds. The number of para-hydroxylation sites is 1. The van der Waals surface area contributed by atoms with Gasteiger partial charge in [-0.2, -0.15) is 5.10 Å². The maximum Gasteiger partial charge on any atom is 0.253 e. The molecule has 4 aromatic rings. The molecule has 5 rings (SSSR count). The van der Waals surface area contributed by atoms with Crippen molar-refractivity contribution in [1.29, 1.82) is 0 Å². The van der Waals surface area contributed by atoms with Crippen LogP contribution in [0, 0.1) is 0 Å². The summed E-state index contributed by atoms with van der Waals surface area (Å²) in [5.41, 5.74) is 4.94. The van der Waals surface area contributed by atoms with Crippen LogP contribution in [0.3, 0.4) is 0 Å². The first-order valence-corrected chi connectivity index (χ1v) is 9.96. The van der Waals surface area contributed by atoms with E-state index in [-0.39, 0.29) is 5.91 Å². The Labute approximate surface area is 179 Å². The smallest absolute Gasteiger partial charge is 0.253 e. The minimum absolute atomic E-state index is 0.237. The van der Waals surface area contributed by atoms with E-state index in [1.54, 1.807) is 37.6 Å². The summed E-state index contributed by atoms with van der Waals surface area (Å²) in [7, 11) is 1.58. The average Bonchev–Trinajstić information content (AvgIpc) is 3.27. The summed E-state index contributed by atoms with van der Waals surface area (Å²) in [6, 6.07) is 26.9. The van der Waals surface area contributed by atoms with Gasteiger partial charge in [0.25, 0.3) is 5.91 Å². The summed E-state index contributed by atoms with van der Waals surface area (Å²) in [5, 5.41) is 7.58. The fraction of sp³-hybridized carbons (Fsp3) is 0.0800. The number of benzene rings is 3. The molecular formula is C25H20N4O2. The quantitative estimate of drug-likeness (QED) is 0.551. The minimum atomic E-state index is -0.608. The average molecular weight is 408 g/mol. The Balaban J connectivity index is 1.62. The molecule has 6 heteroatoms. The van der Waals surface area contributed by atoms with Crippen LogP contribution in [0.1, 0.15) is 33.3 Å². The number of nitrogens with one attached hydrogen (secondary N) is 1. The molecule has 1 atom stereocenters. The van der Waals surface area contributed by atoms with Crippen LogP contribution in [0.4, 0.5) is 0 Å². The lowest BCUT2D eigenvalue weighted by Crippen LogP contribution is -2.29. The van der Waals surface area contributed by atoms with E-state index in [9.17, 15) is 4.79 Å². The van der Waals surface area contributed by atoms with Gasteiger partial charge in [0.05, 0.1) is 24.2 Å². The minimum Gasteiger partial charge on any atom is -0.497 e. The Morgan fingerprint density at radius 2 is 1.77 bits per heavy atom. The van der Waals surface area contributed by atoms with Gasteiger partial charge in [-0.15, -0.1) is 0 Å². The maximum absolute atomic E-state index is 13.1. The number of hydrogen-bond donors (Lipinski definition) is 1. The Bertz CT molecular complexity index is 1280. The number of methoxy groups -OCH3 is 1. The molecule has 0 aliphatic carbocycles. The SMILES string of the molecule is COc1cccc(C(=O)NC2N=C(c3ccccc3)c3ccccc3-n3nccc32)c1. The second-order valence-corrected chi connectivity index (χ2v) is 7.14. The molecule has 0 spiro atoms. The predicted molar refractivity (Wildman–Crippen MR) is 119 cm³/mol. The first kappa shape index (κ1) is 18.8. The Hall–Kier alpha value is -4.19. The van der Waals surface area contributed by atoms with Gasteiger partial charge >= 0.3 is 0 Å². The predicted octanol–water partition coefficient (Wildman–Crippen LogP) is 4.16. The molecule has 31 heavy (non-hydrogen) atoms. The largest absolute Gasteiger partial charge is 0.497 e. The first-order valence-electron chi connectivity index (χ1n) is 9.96. The highest BCUT2D eigenvalue weighted by Crippen LogP contribution is 2.29. The van der Waals surface area contributed by atoms with Crippen LogP contribution < -0.4 is 10.1 Å². The number of rotatable bonds is 4. The fourth-order valence-electron chi connectivity index (χ4n) is 3.75. The Kier molecular flexibility index (Phi) is 4.80. The molecule has 1 aromatic heterocycles. The highest BCUT2D eigenvalue weighted by molar-refractivity contribution is 6.15. The summed E-state index contributed by atoms with van der Waals surface area (Å²) in [6.07, 6.45) is 1.11. The standard InChI is InChI=1S/C25H20N4O2/c1-31-19-11-7-10-18(16-19)25(30)28-24-22-14-15-26-29(22)21-13-6-5-12-20(21)23(27-24)17-8-3-2-4-9-17/h2-16,24H,1H3,(H,28,30). The van der Waals surface area contributed by atoms with Gasteiger partial charge in [0.1, 0.15) is 5.75 Å². The van der Waals surface area contributed by atoms with E-state index < -0.39 is 6.17 Å². The molecule has 1 aliphatic heterocycles. The summed E-state index contributed by atoms with van der Waals surface area (Å²) in [4.78, 5) is 18.1. The van der Waals surface area contributed by atoms with Crippen LogP contribution in [0.25, 0.3) is 5.69 Å². The third-order valence-electron chi connectivity index (χ3n) is 5.24. The Morgan fingerprint density at radius 3 is 2.61 bits per heavy atom. The molecule has 0 saturated carbocycles. The molecule has 0 radical (unpaired) electrons. The van der Waals surface area contributed by atoms with Gasteiger partial charge < -0.3 is 10.1 Å². The number of fused-ring (bicyclic) bond motifs is 3. The van der Waals surface area contributed by atoms with Crippen LogP contribution in [0.2, 0.25) is 0 Å². The normalized spacial score (nSPS) is 14.6. The van der Waals surface area contributed by atoms with Crippen molar-refractivity contribution in [1.82, 2.24) is 15.1 Å². The zero-order valence-corrected chi connectivity index (χ0v) is 16.9. The van der Waals surface area contributed by atoms with Crippen molar-refractivity contribution in [3.8, 4) is 11.4 Å². The molecular weight excluding hydrogens is 388 g/mol. The molecule has 0 bridgehead atoms. The van der Waals surface area contributed by atoms with Crippen LogP contribution in [-0.2, 0) is 0 Å². The molecule has 0 saturated heterocycles. The van der Waals surface area contributed by atoms with Crippen LogP contribution >= 0.6 is 0 Å². The van der Waals surface area contributed by atoms with Gasteiger partial charge in [0.2, 0.25) is 0 Å². The van der Waals surface area contributed by atoms with Crippen molar-refractivity contribution in [2.45, 2.75) is 6.17 Å². The molecule has 0 fully saturated rings. The lowest BCUT2D eigenvalue weighted by molar-refractivity contribution is 0.0936. The topological polar surface area (TPSA) is 68.5 Å². The summed E-state index contributed by atoms with van der Waals surface area (Å²) >= 11 is 0. The third kappa shape index (κ3) is 3.48. The zero-order valence-electron chi connectivity index (χ0n) is 16.9. The molecule has 1 unspecified atom stereocenters. The summed E-state index contributed by atoms with van der Waals surface area (Å²) in [6.45, 7) is 0. The molecule has 6 nitrogen and oxygen atoms in total. The van der Waals surface area contributed by atoms with E-state index in [4.69, 9.17) is 9.73 Å². The van der Waals surface area contributed by atoms with Gasteiger partial charge in [-0.1, -0.05) is 54.6 Å². The molecule has 152 valence electrons. The van der Waals surface area contributed by atoms with Crippen molar-refractivity contribution >= 4 is 11.6 Å². The lowest BCUT2D eigenvalue weighted by Gasteiger charge is -2.15. The van der Waals surface area contributed by atoms with Crippen molar-refractivity contribution in [3.05, 3.63) is 114 Å². The molecule has 1 N–H and O–H groups in total. The second kappa shape index (κ2) is 7.91. The molecule has 2 heterocycles. The molecule has 3 aromatic carbocycles. The number of aromatic nitrogens is 2. The number of carbonyl (C=O) groups is 1. The van der Waals surface area contributed by atoms with E-state index in [1.807, 2.05) is 65.3 Å². The van der Waals surface area contributed by atoms with E-state index in [1.165, 1.54) is 0 Å². The van der Waals surface area contributed by atoms with E-state index >= 15 is 0 Å². The van der Waals surface area contributed by atoms with Gasteiger partial charge in [0, 0.05) is 22.9 Å². The zero-order chi connectivity index (χ0) is 21.2. The Morgan fingerprint density at radius 1 is 0.968 bits per heavy atom. The van der Waals surface area contributed by atoms with Crippen molar-refractivity contribution in [3.63, 3.8) is 0 Å². The number of carbonyl (C=O) groups excluding carboxylic acids is 1. The molecule has 1 aliphatic rings. The van der Waals surface area contributed by atoms with E-state index in [2.05, 4.69) is 10.4 Å². The highest BCUT2D eigenvalue weighted by Gasteiger charge is 2.26. The fourth-order valence-corrected chi connectivity index (χ4v) is 3.75. The van der Waals surface area contributed by atoms with E-state index in [0.29, 0.717) is 11.3 Å². The monoisotopic (exact) mass is 408 g/mol. The third-order valence-corrected chi connectivity index (χ3v) is 5.24. The van der Waals surface area contributed by atoms with Gasteiger partial charge in [-0.25, -0.2) is 4.68 Å². The highest BCUT2D eigenvalue weighted by atomic mass is 16.5. The maximum atomic E-state index is 13.1. The number of aliphatic imine (C=N–C) groups is 1. The number of nitrogens with zero attached hydrogens (tertiary/aromatic N) is 3. The number of ether oxygens (including phenoxy) is 1. The lowest BCUT2D eigenvalue weighted by atomic mass is 10.0. The first-order chi connectivity index (χ1) is 15.2. The van der Waals surface area contributed by atoms with Crippen LogP contribution in [-0.4, -0.2) is 28.5 Å².